The summed E-state index contributed by atoms with van der Waals surface area (Å²) in [6.45, 7) is 1.74. The number of nitrogens with one attached hydrogen (secondary N) is 1. The Labute approximate surface area is 112 Å². The fourth-order valence-electron chi connectivity index (χ4n) is 1.92. The van der Waals surface area contributed by atoms with E-state index >= 15 is 0 Å². The van der Waals surface area contributed by atoms with Gasteiger partial charge in [0, 0.05) is 28.8 Å². The van der Waals surface area contributed by atoms with Gasteiger partial charge in [0.1, 0.15) is 0 Å². The first-order valence-electron chi connectivity index (χ1n) is 5.97. The summed E-state index contributed by atoms with van der Waals surface area (Å²) in [6.07, 6.45) is 2.82. The second-order valence-electron chi connectivity index (χ2n) is 4.23. The van der Waals surface area contributed by atoms with Gasteiger partial charge < -0.3 is 10.1 Å². The van der Waals surface area contributed by atoms with E-state index in [1.165, 1.54) is 17.7 Å². The summed E-state index contributed by atoms with van der Waals surface area (Å²) in [5.41, 5.74) is 1.15. The highest BCUT2D eigenvalue weighted by molar-refractivity contribution is 7.99. The predicted molar refractivity (Wildman–Crippen MR) is 73.9 cm³/mol. The molecule has 0 saturated carbocycles. The van der Waals surface area contributed by atoms with Crippen molar-refractivity contribution in [2.24, 2.45) is 0 Å². The minimum absolute atomic E-state index is 0.427. The van der Waals surface area contributed by atoms with Gasteiger partial charge in [-0.3, -0.25) is 0 Å². The lowest BCUT2D eigenvalue weighted by Gasteiger charge is -2.10. The molecule has 1 heterocycles. The minimum atomic E-state index is 0.427. The molecule has 1 saturated heterocycles. The van der Waals surface area contributed by atoms with E-state index in [1.807, 2.05) is 24.9 Å². The van der Waals surface area contributed by atoms with Crippen molar-refractivity contribution in [3.8, 4) is 0 Å². The molecule has 0 radical (unpaired) electrons. The van der Waals surface area contributed by atoms with Gasteiger partial charge in [-0.2, -0.15) is 0 Å². The van der Waals surface area contributed by atoms with Crippen LogP contribution in [0.25, 0.3) is 0 Å². The smallest absolute Gasteiger partial charge is 0.0669 e. The van der Waals surface area contributed by atoms with Crippen LogP contribution >= 0.6 is 23.4 Å². The van der Waals surface area contributed by atoms with E-state index in [0.717, 1.165) is 29.5 Å². The Morgan fingerprint density at radius 1 is 1.53 bits per heavy atom. The van der Waals surface area contributed by atoms with Crippen LogP contribution in [-0.4, -0.2) is 25.5 Å². The molecule has 1 fully saturated rings. The number of thioether (sulfide) groups is 1. The molecule has 17 heavy (non-hydrogen) atoms. The highest BCUT2D eigenvalue weighted by Gasteiger charge is 2.15. The predicted octanol–water partition coefficient (Wildman–Crippen LogP) is 3.33. The van der Waals surface area contributed by atoms with Gasteiger partial charge in [0.2, 0.25) is 0 Å². The van der Waals surface area contributed by atoms with E-state index in [-0.39, 0.29) is 0 Å². The molecule has 1 N–H and O–H groups in total. The summed E-state index contributed by atoms with van der Waals surface area (Å²) in [5, 5.41) is 3.95. The molecule has 1 aliphatic rings. The molecule has 0 bridgehead atoms. The van der Waals surface area contributed by atoms with E-state index in [1.54, 1.807) is 0 Å². The van der Waals surface area contributed by atoms with Crippen molar-refractivity contribution in [3.63, 3.8) is 0 Å². The first kappa shape index (κ1) is 13.2. The Balaban J connectivity index is 1.90. The number of hydrogen-bond acceptors (Lipinski definition) is 3. The zero-order chi connectivity index (χ0) is 12.1. The van der Waals surface area contributed by atoms with Gasteiger partial charge in [-0.05, 0) is 37.6 Å². The molecular weight excluding hydrogens is 254 g/mol. The van der Waals surface area contributed by atoms with Crippen LogP contribution in [0.5, 0.6) is 0 Å². The minimum Gasteiger partial charge on any atom is -0.377 e. The standard InChI is InChI=1S/C13H18ClNOS/c1-15-8-10-4-5-12(7-13(10)14)17-9-11-3-2-6-16-11/h4-5,7,11,15H,2-3,6,8-9H2,1H3. The number of ether oxygens (including phenoxy) is 1. The van der Waals surface area contributed by atoms with Crippen molar-refractivity contribution in [1.29, 1.82) is 0 Å². The average molecular weight is 272 g/mol. The average Bonchev–Trinajstić information content (AvgIpc) is 2.83. The zero-order valence-corrected chi connectivity index (χ0v) is 11.6. The third kappa shape index (κ3) is 3.88. The maximum absolute atomic E-state index is 6.22. The summed E-state index contributed by atoms with van der Waals surface area (Å²) >= 11 is 8.05. The number of rotatable bonds is 5. The Hall–Kier alpha value is -0.220. The summed E-state index contributed by atoms with van der Waals surface area (Å²) in [6, 6.07) is 6.28. The van der Waals surface area contributed by atoms with Gasteiger partial charge in [0.25, 0.3) is 0 Å². The van der Waals surface area contributed by atoms with Crippen LogP contribution in [0.3, 0.4) is 0 Å². The Kier molecular flexibility index (Phi) is 5.16. The summed E-state index contributed by atoms with van der Waals surface area (Å²) in [4.78, 5) is 1.23. The first-order chi connectivity index (χ1) is 8.29. The lowest BCUT2D eigenvalue weighted by Crippen LogP contribution is -2.08. The largest absolute Gasteiger partial charge is 0.377 e. The highest BCUT2D eigenvalue weighted by Crippen LogP contribution is 2.27. The number of benzene rings is 1. The second-order valence-corrected chi connectivity index (χ2v) is 5.73. The summed E-state index contributed by atoms with van der Waals surface area (Å²) in [7, 11) is 1.93. The van der Waals surface area contributed by atoms with Crippen LogP contribution in [0, 0.1) is 0 Å². The molecule has 0 spiro atoms. The SMILES string of the molecule is CNCc1ccc(SCC2CCCO2)cc1Cl. The molecule has 1 unspecified atom stereocenters. The van der Waals surface area contributed by atoms with Gasteiger partial charge in [-0.1, -0.05) is 17.7 Å². The third-order valence-electron chi connectivity index (χ3n) is 2.85. The Bertz CT molecular complexity index is 366. The fourth-order valence-corrected chi connectivity index (χ4v) is 3.24. The van der Waals surface area contributed by atoms with Crippen molar-refractivity contribution in [3.05, 3.63) is 28.8 Å². The van der Waals surface area contributed by atoms with Gasteiger partial charge in [0.05, 0.1) is 6.10 Å². The molecule has 0 aliphatic carbocycles. The van der Waals surface area contributed by atoms with Crippen molar-refractivity contribution in [2.75, 3.05) is 19.4 Å². The molecule has 0 aromatic heterocycles. The molecule has 1 aromatic rings. The molecule has 2 nitrogen and oxygen atoms in total. The third-order valence-corrected chi connectivity index (χ3v) is 4.33. The van der Waals surface area contributed by atoms with Crippen LogP contribution in [-0.2, 0) is 11.3 Å². The van der Waals surface area contributed by atoms with Gasteiger partial charge >= 0.3 is 0 Å². The lowest BCUT2D eigenvalue weighted by atomic mass is 10.2. The fraction of sp³-hybridized carbons (Fsp3) is 0.538. The summed E-state index contributed by atoms with van der Waals surface area (Å²) < 4.78 is 5.60. The normalized spacial score (nSPS) is 19.8. The number of halogens is 1. The molecule has 94 valence electrons. The van der Waals surface area contributed by atoms with Crippen LogP contribution in [0.2, 0.25) is 5.02 Å². The number of hydrogen-bond donors (Lipinski definition) is 1. The topological polar surface area (TPSA) is 21.3 Å². The molecule has 1 aliphatic heterocycles. The van der Waals surface area contributed by atoms with Crippen LogP contribution in [0.15, 0.2) is 23.1 Å². The van der Waals surface area contributed by atoms with E-state index in [4.69, 9.17) is 16.3 Å². The van der Waals surface area contributed by atoms with E-state index in [2.05, 4.69) is 17.4 Å². The van der Waals surface area contributed by atoms with Crippen LogP contribution in [0.4, 0.5) is 0 Å². The zero-order valence-electron chi connectivity index (χ0n) is 10.0. The van der Waals surface area contributed by atoms with Gasteiger partial charge in [-0.25, -0.2) is 0 Å². The molecule has 1 aromatic carbocycles. The maximum Gasteiger partial charge on any atom is 0.0669 e. The molecular formula is C13H18ClNOS. The Morgan fingerprint density at radius 3 is 3.06 bits per heavy atom. The first-order valence-corrected chi connectivity index (χ1v) is 7.33. The lowest BCUT2D eigenvalue weighted by molar-refractivity contribution is 0.129. The molecule has 0 amide bonds. The van der Waals surface area contributed by atoms with E-state index < -0.39 is 0 Å². The van der Waals surface area contributed by atoms with Crippen LogP contribution in [0.1, 0.15) is 18.4 Å². The van der Waals surface area contributed by atoms with Crippen molar-refractivity contribution in [2.45, 2.75) is 30.4 Å². The van der Waals surface area contributed by atoms with Crippen molar-refractivity contribution >= 4 is 23.4 Å². The van der Waals surface area contributed by atoms with Crippen molar-refractivity contribution in [1.82, 2.24) is 5.32 Å². The monoisotopic (exact) mass is 271 g/mol. The van der Waals surface area contributed by atoms with Crippen LogP contribution < -0.4 is 5.32 Å². The second kappa shape index (κ2) is 6.64. The maximum atomic E-state index is 6.22. The van der Waals surface area contributed by atoms with E-state index in [0.29, 0.717) is 6.10 Å². The summed E-state index contributed by atoms with van der Waals surface area (Å²) in [5.74, 6) is 1.03. The van der Waals surface area contributed by atoms with Gasteiger partial charge in [0.15, 0.2) is 0 Å². The quantitative estimate of drug-likeness (QED) is 0.830. The van der Waals surface area contributed by atoms with Crippen molar-refractivity contribution < 1.29 is 4.74 Å². The molecule has 2 rings (SSSR count). The highest BCUT2D eigenvalue weighted by atomic mass is 35.5. The van der Waals surface area contributed by atoms with E-state index in [9.17, 15) is 0 Å². The molecule has 4 heteroatoms. The Morgan fingerprint density at radius 2 is 2.41 bits per heavy atom. The van der Waals surface area contributed by atoms with Gasteiger partial charge in [-0.15, -0.1) is 11.8 Å². The molecule has 1 atom stereocenters.